The molecule has 2 rings (SSSR count). The van der Waals surface area contributed by atoms with Crippen molar-refractivity contribution in [1.29, 1.82) is 0 Å². The number of aromatic nitrogens is 2. The van der Waals surface area contributed by atoms with Crippen LogP contribution in [0.1, 0.15) is 18.3 Å². The first kappa shape index (κ1) is 12.9. The first-order valence-electron chi connectivity index (χ1n) is 6.02. The van der Waals surface area contributed by atoms with Crippen molar-refractivity contribution in [1.82, 2.24) is 9.97 Å². The fourth-order valence-corrected chi connectivity index (χ4v) is 2.60. The summed E-state index contributed by atoms with van der Waals surface area (Å²) < 4.78 is 0. The van der Waals surface area contributed by atoms with Crippen molar-refractivity contribution in [2.75, 3.05) is 11.9 Å². The van der Waals surface area contributed by atoms with E-state index < -0.39 is 0 Å². The van der Waals surface area contributed by atoms with Crippen molar-refractivity contribution < 1.29 is 0 Å². The lowest BCUT2D eigenvalue weighted by Crippen LogP contribution is -2.02. The Morgan fingerprint density at radius 2 is 1.94 bits per heavy atom. The van der Waals surface area contributed by atoms with Gasteiger partial charge in [0.2, 0.25) is 0 Å². The van der Waals surface area contributed by atoms with E-state index >= 15 is 0 Å². The monoisotopic (exact) mass is 259 g/mol. The van der Waals surface area contributed by atoms with Crippen LogP contribution in [0.15, 0.2) is 40.3 Å². The molecule has 0 atom stereocenters. The topological polar surface area (TPSA) is 37.8 Å². The Bertz CT molecular complexity index is 540. The highest BCUT2D eigenvalue weighted by atomic mass is 32.2. The predicted molar refractivity (Wildman–Crippen MR) is 76.2 cm³/mol. The minimum Gasteiger partial charge on any atom is -0.370 e. The molecule has 0 unspecified atom stereocenters. The molecule has 1 aromatic heterocycles. The third kappa shape index (κ3) is 3.23. The first-order valence-corrected chi connectivity index (χ1v) is 6.83. The molecule has 0 radical (unpaired) electrons. The van der Waals surface area contributed by atoms with E-state index in [0.717, 1.165) is 23.2 Å². The van der Waals surface area contributed by atoms with Gasteiger partial charge in [0.1, 0.15) is 16.7 Å². The summed E-state index contributed by atoms with van der Waals surface area (Å²) >= 11 is 1.68. The maximum Gasteiger partial charge on any atom is 0.130 e. The van der Waals surface area contributed by atoms with Crippen LogP contribution in [0.2, 0.25) is 0 Å². The van der Waals surface area contributed by atoms with Gasteiger partial charge < -0.3 is 5.32 Å². The molecular formula is C14H17N3S. The highest BCUT2D eigenvalue weighted by molar-refractivity contribution is 7.99. The van der Waals surface area contributed by atoms with Crippen LogP contribution >= 0.6 is 11.8 Å². The third-order valence-corrected chi connectivity index (χ3v) is 3.58. The van der Waals surface area contributed by atoms with Crippen LogP contribution in [-0.2, 0) is 0 Å². The van der Waals surface area contributed by atoms with Crippen LogP contribution in [0.4, 0.5) is 5.82 Å². The number of anilines is 1. The van der Waals surface area contributed by atoms with Gasteiger partial charge in [0.25, 0.3) is 0 Å². The molecule has 2 aromatic rings. The molecule has 94 valence electrons. The molecule has 0 saturated heterocycles. The summed E-state index contributed by atoms with van der Waals surface area (Å²) in [6.45, 7) is 6.96. The zero-order valence-electron chi connectivity index (χ0n) is 10.9. The molecule has 3 nitrogen and oxygen atoms in total. The molecule has 0 spiro atoms. The van der Waals surface area contributed by atoms with E-state index in [1.165, 1.54) is 10.5 Å². The summed E-state index contributed by atoms with van der Waals surface area (Å²) in [4.78, 5) is 10.1. The van der Waals surface area contributed by atoms with E-state index in [2.05, 4.69) is 53.4 Å². The molecule has 18 heavy (non-hydrogen) atoms. The van der Waals surface area contributed by atoms with Crippen LogP contribution in [0, 0.1) is 13.8 Å². The largest absolute Gasteiger partial charge is 0.370 e. The van der Waals surface area contributed by atoms with Gasteiger partial charge in [-0.15, -0.1) is 0 Å². The number of rotatable bonds is 4. The lowest BCUT2D eigenvalue weighted by molar-refractivity contribution is 0.960. The minimum atomic E-state index is 0.796. The Balaban J connectivity index is 2.26. The van der Waals surface area contributed by atoms with Gasteiger partial charge in [-0.2, -0.15) is 0 Å². The van der Waals surface area contributed by atoms with Crippen molar-refractivity contribution >= 4 is 17.6 Å². The van der Waals surface area contributed by atoms with E-state index in [4.69, 9.17) is 0 Å². The molecular weight excluding hydrogens is 242 g/mol. The number of nitrogens with zero attached hydrogens (tertiary/aromatic N) is 2. The summed E-state index contributed by atoms with van der Waals surface area (Å²) in [6.07, 6.45) is 0. The van der Waals surface area contributed by atoms with Gasteiger partial charge in [-0.3, -0.25) is 0 Å². The molecule has 0 aliphatic heterocycles. The van der Waals surface area contributed by atoms with Crippen molar-refractivity contribution in [3.8, 4) is 0 Å². The van der Waals surface area contributed by atoms with Gasteiger partial charge in [0.05, 0.1) is 0 Å². The Labute approximate surface area is 112 Å². The zero-order chi connectivity index (χ0) is 13.0. The van der Waals surface area contributed by atoms with Gasteiger partial charge in [-0.25, -0.2) is 9.97 Å². The van der Waals surface area contributed by atoms with E-state index in [9.17, 15) is 0 Å². The highest BCUT2D eigenvalue weighted by Gasteiger charge is 2.05. The van der Waals surface area contributed by atoms with Crippen LogP contribution in [0.3, 0.4) is 0 Å². The van der Waals surface area contributed by atoms with Crippen molar-refractivity contribution in [2.24, 2.45) is 0 Å². The van der Waals surface area contributed by atoms with Crippen LogP contribution in [0.25, 0.3) is 0 Å². The quantitative estimate of drug-likeness (QED) is 0.850. The molecule has 0 saturated carbocycles. The normalized spacial score (nSPS) is 10.4. The maximum atomic E-state index is 4.46. The predicted octanol–water partition coefficient (Wildman–Crippen LogP) is 3.68. The van der Waals surface area contributed by atoms with E-state index in [1.807, 2.05) is 13.0 Å². The maximum absolute atomic E-state index is 4.46. The Morgan fingerprint density at radius 3 is 2.67 bits per heavy atom. The Morgan fingerprint density at radius 1 is 1.17 bits per heavy atom. The molecule has 0 fully saturated rings. The van der Waals surface area contributed by atoms with Gasteiger partial charge >= 0.3 is 0 Å². The molecule has 4 heteroatoms. The van der Waals surface area contributed by atoms with Crippen LogP contribution in [-0.4, -0.2) is 16.5 Å². The highest BCUT2D eigenvalue weighted by Crippen LogP contribution is 2.29. The summed E-state index contributed by atoms with van der Waals surface area (Å²) in [5.74, 6) is 1.69. The average molecular weight is 259 g/mol. The summed E-state index contributed by atoms with van der Waals surface area (Å²) in [7, 11) is 0. The molecule has 0 aliphatic carbocycles. The number of benzene rings is 1. The molecule has 0 amide bonds. The van der Waals surface area contributed by atoms with Crippen molar-refractivity contribution in [3.63, 3.8) is 0 Å². The fourth-order valence-electron chi connectivity index (χ4n) is 1.65. The summed E-state index contributed by atoms with van der Waals surface area (Å²) in [6, 6.07) is 10.3. The lowest BCUT2D eigenvalue weighted by Gasteiger charge is -2.08. The van der Waals surface area contributed by atoms with Crippen LogP contribution < -0.4 is 5.32 Å². The fraction of sp³-hybridized carbons (Fsp3) is 0.286. The standard InChI is InChI=1S/C14H17N3S/c1-4-15-13-9-14(17-11(3)16-13)18-12-8-6-5-7-10(12)2/h5-9H,4H2,1-3H3,(H,15,16,17). The van der Waals surface area contributed by atoms with E-state index in [1.54, 1.807) is 11.8 Å². The molecule has 0 bridgehead atoms. The molecule has 1 aromatic carbocycles. The van der Waals surface area contributed by atoms with Gasteiger partial charge in [-0.05, 0) is 32.4 Å². The lowest BCUT2D eigenvalue weighted by atomic mass is 10.2. The Kier molecular flexibility index (Phi) is 4.20. The second-order valence-electron chi connectivity index (χ2n) is 4.04. The van der Waals surface area contributed by atoms with Crippen molar-refractivity contribution in [3.05, 3.63) is 41.7 Å². The number of hydrogen-bond acceptors (Lipinski definition) is 4. The SMILES string of the molecule is CCNc1cc(Sc2ccccc2C)nc(C)n1. The van der Waals surface area contributed by atoms with Gasteiger partial charge in [-0.1, -0.05) is 30.0 Å². The summed E-state index contributed by atoms with van der Waals surface area (Å²) in [5, 5.41) is 4.20. The second-order valence-corrected chi connectivity index (χ2v) is 5.10. The number of aryl methyl sites for hydroxylation is 2. The van der Waals surface area contributed by atoms with Gasteiger partial charge in [0, 0.05) is 17.5 Å². The zero-order valence-corrected chi connectivity index (χ0v) is 11.7. The summed E-state index contributed by atoms with van der Waals surface area (Å²) in [5.41, 5.74) is 1.27. The first-order chi connectivity index (χ1) is 8.69. The smallest absolute Gasteiger partial charge is 0.130 e. The van der Waals surface area contributed by atoms with E-state index in [0.29, 0.717) is 0 Å². The molecule has 1 heterocycles. The van der Waals surface area contributed by atoms with Crippen LogP contribution in [0.5, 0.6) is 0 Å². The number of nitrogens with one attached hydrogen (secondary N) is 1. The molecule has 0 aliphatic rings. The van der Waals surface area contributed by atoms with Gasteiger partial charge in [0.15, 0.2) is 0 Å². The molecule has 1 N–H and O–H groups in total. The van der Waals surface area contributed by atoms with E-state index in [-0.39, 0.29) is 0 Å². The second kappa shape index (κ2) is 5.87. The number of hydrogen-bond donors (Lipinski definition) is 1. The Hall–Kier alpha value is -1.55. The van der Waals surface area contributed by atoms with Crippen molar-refractivity contribution in [2.45, 2.75) is 30.7 Å². The third-order valence-electron chi connectivity index (χ3n) is 2.48. The average Bonchev–Trinajstić information content (AvgIpc) is 2.32. The minimum absolute atomic E-state index is 0.796.